The molecule has 1 atom stereocenters. The summed E-state index contributed by atoms with van der Waals surface area (Å²) in [7, 11) is 1.23. The fourth-order valence-electron chi connectivity index (χ4n) is 1.10. The molecule has 0 aromatic heterocycles. The molecule has 0 heterocycles. The number of methoxy groups -OCH3 is 1. The second-order valence-electron chi connectivity index (χ2n) is 3.53. The van der Waals surface area contributed by atoms with Crippen LogP contribution < -0.4 is 0 Å². The third kappa shape index (κ3) is 3.74. The van der Waals surface area contributed by atoms with Gasteiger partial charge in [-0.05, 0) is 12.3 Å². The molecule has 0 aliphatic carbocycles. The van der Waals surface area contributed by atoms with E-state index in [1.54, 1.807) is 0 Å². The van der Waals surface area contributed by atoms with Crippen LogP contribution in [0, 0.1) is 5.92 Å². The number of carbonyl (C=O) groups is 2. The zero-order valence-electron chi connectivity index (χ0n) is 8.98. The Labute approximate surface area is 83.6 Å². The van der Waals surface area contributed by atoms with Crippen molar-refractivity contribution in [2.75, 3.05) is 7.11 Å². The Morgan fingerprint density at radius 3 is 2.21 bits per heavy atom. The maximum absolute atomic E-state index is 11.2. The summed E-state index contributed by atoms with van der Waals surface area (Å²) in [4.78, 5) is 22.1. The third-order valence-electron chi connectivity index (χ3n) is 1.79. The molecule has 0 saturated carbocycles. The molecule has 0 radical (unpaired) electrons. The summed E-state index contributed by atoms with van der Waals surface area (Å²) in [6, 6.07) is -0.905. The number of ether oxygens (including phenoxy) is 1. The maximum Gasteiger partial charge on any atom is 0.331 e. The highest BCUT2D eigenvalue weighted by Gasteiger charge is 2.28. The zero-order valence-corrected chi connectivity index (χ0v) is 8.98. The molecule has 5 heteroatoms. The highest BCUT2D eigenvalue weighted by atomic mass is 16.5. The summed E-state index contributed by atoms with van der Waals surface area (Å²) in [5.74, 6) is -0.981. The third-order valence-corrected chi connectivity index (χ3v) is 1.79. The van der Waals surface area contributed by atoms with E-state index in [2.05, 4.69) is 4.74 Å². The van der Waals surface area contributed by atoms with Gasteiger partial charge >= 0.3 is 5.97 Å². The summed E-state index contributed by atoms with van der Waals surface area (Å²) in [5.41, 5.74) is 0. The molecule has 1 N–H and O–H groups in total. The highest BCUT2D eigenvalue weighted by molar-refractivity contribution is 5.82. The first-order chi connectivity index (χ1) is 6.40. The van der Waals surface area contributed by atoms with Crippen LogP contribution in [0.4, 0.5) is 0 Å². The van der Waals surface area contributed by atoms with Crippen molar-refractivity contribution in [3.8, 4) is 0 Å². The fraction of sp³-hybridized carbons (Fsp3) is 0.778. The molecule has 0 aromatic rings. The molecule has 0 aliphatic heterocycles. The van der Waals surface area contributed by atoms with Crippen LogP contribution in [0.1, 0.15) is 27.2 Å². The molecule has 0 aromatic carbocycles. The lowest BCUT2D eigenvalue weighted by molar-refractivity contribution is -0.187. The minimum atomic E-state index is -0.905. The molecule has 1 unspecified atom stereocenters. The van der Waals surface area contributed by atoms with E-state index in [1.807, 2.05) is 13.8 Å². The van der Waals surface area contributed by atoms with Crippen LogP contribution in [0.5, 0.6) is 0 Å². The molecule has 0 rings (SSSR count). The Morgan fingerprint density at radius 1 is 1.43 bits per heavy atom. The van der Waals surface area contributed by atoms with Gasteiger partial charge in [-0.25, -0.2) is 9.86 Å². The Hall–Kier alpha value is -1.10. The molecule has 5 nitrogen and oxygen atoms in total. The molecular weight excluding hydrogens is 186 g/mol. The van der Waals surface area contributed by atoms with Gasteiger partial charge in [-0.2, -0.15) is 0 Å². The molecule has 14 heavy (non-hydrogen) atoms. The lowest BCUT2D eigenvalue weighted by Crippen LogP contribution is -2.43. The highest BCUT2D eigenvalue weighted by Crippen LogP contribution is 2.11. The van der Waals surface area contributed by atoms with Crippen molar-refractivity contribution in [2.45, 2.75) is 33.2 Å². The number of hydroxylamine groups is 2. The molecule has 82 valence electrons. The van der Waals surface area contributed by atoms with Gasteiger partial charge in [-0.3, -0.25) is 10.0 Å². The van der Waals surface area contributed by atoms with Gasteiger partial charge in [0, 0.05) is 6.92 Å². The van der Waals surface area contributed by atoms with Gasteiger partial charge in [0.25, 0.3) is 0 Å². The van der Waals surface area contributed by atoms with Gasteiger partial charge in [-0.1, -0.05) is 13.8 Å². The predicted molar refractivity (Wildman–Crippen MR) is 49.6 cm³/mol. The zero-order chi connectivity index (χ0) is 11.3. The van der Waals surface area contributed by atoms with Crippen LogP contribution in [-0.4, -0.2) is 35.3 Å². The SMILES string of the molecule is COC(=O)C(CC(C)C)N(O)C(C)=O. The summed E-state index contributed by atoms with van der Waals surface area (Å²) >= 11 is 0. The fourth-order valence-corrected chi connectivity index (χ4v) is 1.10. The van der Waals surface area contributed by atoms with Gasteiger partial charge in [-0.15, -0.1) is 0 Å². The van der Waals surface area contributed by atoms with E-state index in [1.165, 1.54) is 14.0 Å². The van der Waals surface area contributed by atoms with Crippen molar-refractivity contribution in [1.29, 1.82) is 0 Å². The second-order valence-corrected chi connectivity index (χ2v) is 3.53. The number of hydrogen-bond donors (Lipinski definition) is 1. The van der Waals surface area contributed by atoms with Gasteiger partial charge in [0.05, 0.1) is 7.11 Å². The van der Waals surface area contributed by atoms with Crippen molar-refractivity contribution in [2.24, 2.45) is 5.92 Å². The van der Waals surface area contributed by atoms with E-state index in [9.17, 15) is 14.8 Å². The van der Waals surface area contributed by atoms with Crippen molar-refractivity contribution >= 4 is 11.9 Å². The first kappa shape index (κ1) is 12.9. The van der Waals surface area contributed by atoms with E-state index >= 15 is 0 Å². The molecule has 0 fully saturated rings. The van der Waals surface area contributed by atoms with E-state index in [-0.39, 0.29) is 5.92 Å². The summed E-state index contributed by atoms with van der Waals surface area (Å²) in [6.07, 6.45) is 0.378. The topological polar surface area (TPSA) is 66.8 Å². The smallest absolute Gasteiger partial charge is 0.331 e. The number of esters is 1. The Kier molecular flexibility index (Phi) is 5.15. The van der Waals surface area contributed by atoms with Gasteiger partial charge in [0.2, 0.25) is 5.91 Å². The van der Waals surface area contributed by atoms with E-state index in [4.69, 9.17) is 0 Å². The van der Waals surface area contributed by atoms with Crippen molar-refractivity contribution in [3.63, 3.8) is 0 Å². The number of amides is 1. The van der Waals surface area contributed by atoms with E-state index in [0.29, 0.717) is 11.5 Å². The van der Waals surface area contributed by atoms with Gasteiger partial charge in [0.15, 0.2) is 6.04 Å². The average molecular weight is 203 g/mol. The lowest BCUT2D eigenvalue weighted by atomic mass is 10.0. The molecular formula is C9H17NO4. The van der Waals surface area contributed by atoms with Crippen LogP contribution in [0.25, 0.3) is 0 Å². The summed E-state index contributed by atoms with van der Waals surface area (Å²) < 4.78 is 4.49. The van der Waals surface area contributed by atoms with Crippen LogP contribution in [0.2, 0.25) is 0 Å². The van der Waals surface area contributed by atoms with E-state index < -0.39 is 17.9 Å². The minimum Gasteiger partial charge on any atom is -0.467 e. The minimum absolute atomic E-state index is 0.188. The Bertz CT molecular complexity index is 215. The van der Waals surface area contributed by atoms with E-state index in [0.717, 1.165) is 0 Å². The molecule has 0 spiro atoms. The first-order valence-corrected chi connectivity index (χ1v) is 4.46. The van der Waals surface area contributed by atoms with Gasteiger partial charge < -0.3 is 4.74 Å². The number of nitrogens with zero attached hydrogens (tertiary/aromatic N) is 1. The van der Waals surface area contributed by atoms with Crippen LogP contribution in [-0.2, 0) is 14.3 Å². The predicted octanol–water partition coefficient (Wildman–Crippen LogP) is 0.812. The lowest BCUT2D eigenvalue weighted by Gasteiger charge is -2.23. The average Bonchev–Trinajstić information content (AvgIpc) is 2.11. The maximum atomic E-state index is 11.2. The molecule has 0 saturated heterocycles. The van der Waals surface area contributed by atoms with Gasteiger partial charge in [0.1, 0.15) is 0 Å². The normalized spacial score (nSPS) is 12.4. The standard InChI is InChI=1S/C9H17NO4/c1-6(2)5-8(9(12)14-4)10(13)7(3)11/h6,8,13H,5H2,1-4H3. The van der Waals surface area contributed by atoms with Crippen LogP contribution in [0.3, 0.4) is 0 Å². The quantitative estimate of drug-likeness (QED) is 0.417. The molecule has 1 amide bonds. The first-order valence-electron chi connectivity index (χ1n) is 4.46. The van der Waals surface area contributed by atoms with Crippen molar-refractivity contribution in [1.82, 2.24) is 5.06 Å². The number of rotatable bonds is 4. The van der Waals surface area contributed by atoms with Crippen LogP contribution >= 0.6 is 0 Å². The monoisotopic (exact) mass is 203 g/mol. The second kappa shape index (κ2) is 5.59. The summed E-state index contributed by atoms with van der Waals surface area (Å²) in [5, 5.41) is 9.74. The summed E-state index contributed by atoms with van der Waals surface area (Å²) in [6.45, 7) is 4.98. The number of hydrogen-bond acceptors (Lipinski definition) is 4. The van der Waals surface area contributed by atoms with Crippen LogP contribution in [0.15, 0.2) is 0 Å². The Balaban J connectivity index is 4.54. The number of carbonyl (C=O) groups excluding carboxylic acids is 2. The van der Waals surface area contributed by atoms with Crippen molar-refractivity contribution < 1.29 is 19.5 Å². The molecule has 0 bridgehead atoms. The van der Waals surface area contributed by atoms with Crippen molar-refractivity contribution in [3.05, 3.63) is 0 Å². The Morgan fingerprint density at radius 2 is 1.93 bits per heavy atom. The largest absolute Gasteiger partial charge is 0.467 e. The molecule has 0 aliphatic rings.